The molecule has 3 rings (SSSR count). The van der Waals surface area contributed by atoms with Gasteiger partial charge in [-0.25, -0.2) is 0 Å². The Hall–Kier alpha value is -3.47. The van der Waals surface area contributed by atoms with Gasteiger partial charge in [0.05, 0.1) is 11.1 Å². The first-order chi connectivity index (χ1) is 13.1. The van der Waals surface area contributed by atoms with Crippen molar-refractivity contribution in [2.24, 2.45) is 0 Å². The number of pyridine rings is 1. The summed E-state index contributed by atoms with van der Waals surface area (Å²) in [6.45, 7) is 2.43. The standard InChI is InChI=1S/C22H21N3O2/c1-16-8-6-7-9-17(16)15-24-21(26)18-12-19(14-23-13-18)22(27)25(2)20-10-4-3-5-11-20/h3-14H,15H2,1-2H3,(H,24,26). The first-order valence-corrected chi connectivity index (χ1v) is 8.67. The lowest BCUT2D eigenvalue weighted by Crippen LogP contribution is -2.27. The highest BCUT2D eigenvalue weighted by molar-refractivity contribution is 6.07. The minimum absolute atomic E-state index is 0.220. The van der Waals surface area contributed by atoms with Crippen LogP contribution in [0.2, 0.25) is 0 Å². The zero-order valence-electron chi connectivity index (χ0n) is 15.3. The molecule has 1 aromatic heterocycles. The van der Waals surface area contributed by atoms with Crippen molar-refractivity contribution >= 4 is 17.5 Å². The smallest absolute Gasteiger partial charge is 0.259 e. The fourth-order valence-electron chi connectivity index (χ4n) is 2.73. The number of amides is 2. The predicted molar refractivity (Wildman–Crippen MR) is 106 cm³/mol. The van der Waals surface area contributed by atoms with Crippen LogP contribution in [-0.2, 0) is 6.54 Å². The summed E-state index contributed by atoms with van der Waals surface area (Å²) < 4.78 is 0. The van der Waals surface area contributed by atoms with Crippen LogP contribution in [-0.4, -0.2) is 23.8 Å². The van der Waals surface area contributed by atoms with Gasteiger partial charge in [-0.3, -0.25) is 14.6 Å². The lowest BCUT2D eigenvalue weighted by Gasteiger charge is -2.17. The second-order valence-corrected chi connectivity index (χ2v) is 6.27. The second kappa shape index (κ2) is 8.27. The van der Waals surface area contributed by atoms with Gasteiger partial charge in [-0.15, -0.1) is 0 Å². The molecule has 1 N–H and O–H groups in total. The van der Waals surface area contributed by atoms with E-state index < -0.39 is 0 Å². The first-order valence-electron chi connectivity index (χ1n) is 8.67. The fraction of sp³-hybridized carbons (Fsp3) is 0.136. The van der Waals surface area contributed by atoms with Crippen molar-refractivity contribution in [3.8, 4) is 0 Å². The Labute approximate surface area is 158 Å². The van der Waals surface area contributed by atoms with Crippen molar-refractivity contribution in [1.82, 2.24) is 10.3 Å². The van der Waals surface area contributed by atoms with E-state index in [1.54, 1.807) is 13.1 Å². The molecule has 5 nitrogen and oxygen atoms in total. The van der Waals surface area contributed by atoms with E-state index in [4.69, 9.17) is 0 Å². The number of hydrogen-bond donors (Lipinski definition) is 1. The highest BCUT2D eigenvalue weighted by Crippen LogP contribution is 2.15. The van der Waals surface area contributed by atoms with Crippen LogP contribution in [0.5, 0.6) is 0 Å². The van der Waals surface area contributed by atoms with E-state index in [0.29, 0.717) is 17.7 Å². The SMILES string of the molecule is Cc1ccccc1CNC(=O)c1cncc(C(=O)N(C)c2ccccc2)c1. The Kier molecular flexibility index (Phi) is 5.61. The molecule has 0 atom stereocenters. The van der Waals surface area contributed by atoms with Crippen LogP contribution in [0, 0.1) is 6.92 Å². The summed E-state index contributed by atoms with van der Waals surface area (Å²) in [4.78, 5) is 30.8. The van der Waals surface area contributed by atoms with Gasteiger partial charge in [-0.1, -0.05) is 42.5 Å². The number of hydrogen-bond acceptors (Lipinski definition) is 3. The summed E-state index contributed by atoms with van der Waals surface area (Å²) in [6.07, 6.45) is 2.94. The number of carbonyl (C=O) groups excluding carboxylic acids is 2. The van der Waals surface area contributed by atoms with Gasteiger partial charge in [0.15, 0.2) is 0 Å². The summed E-state index contributed by atoms with van der Waals surface area (Å²) in [5.74, 6) is -0.481. The molecule has 2 aromatic carbocycles. The second-order valence-electron chi connectivity index (χ2n) is 6.27. The van der Waals surface area contributed by atoms with Gasteiger partial charge in [0.25, 0.3) is 11.8 Å². The normalized spacial score (nSPS) is 10.3. The lowest BCUT2D eigenvalue weighted by molar-refractivity contribution is 0.0950. The first kappa shape index (κ1) is 18.3. The van der Waals surface area contributed by atoms with E-state index >= 15 is 0 Å². The van der Waals surface area contributed by atoms with Gasteiger partial charge in [0, 0.05) is 31.7 Å². The number of carbonyl (C=O) groups is 2. The Morgan fingerprint density at radius 1 is 0.963 bits per heavy atom. The number of anilines is 1. The monoisotopic (exact) mass is 359 g/mol. The van der Waals surface area contributed by atoms with E-state index in [1.807, 2.05) is 61.5 Å². The summed E-state index contributed by atoms with van der Waals surface area (Å²) >= 11 is 0. The van der Waals surface area contributed by atoms with Crippen molar-refractivity contribution in [1.29, 1.82) is 0 Å². The summed E-state index contributed by atoms with van der Waals surface area (Å²) in [6, 6.07) is 18.8. The predicted octanol–water partition coefficient (Wildman–Crippen LogP) is 3.60. The van der Waals surface area contributed by atoms with Crippen LogP contribution in [0.15, 0.2) is 73.1 Å². The fourth-order valence-corrected chi connectivity index (χ4v) is 2.73. The number of nitrogens with one attached hydrogen (secondary N) is 1. The Balaban J connectivity index is 1.72. The molecule has 136 valence electrons. The molecular formula is C22H21N3O2. The topological polar surface area (TPSA) is 62.3 Å². The van der Waals surface area contributed by atoms with Gasteiger partial charge in [0.1, 0.15) is 0 Å². The maximum Gasteiger partial charge on any atom is 0.259 e. The Morgan fingerprint density at radius 3 is 2.37 bits per heavy atom. The Bertz CT molecular complexity index is 955. The minimum Gasteiger partial charge on any atom is -0.348 e. The maximum absolute atomic E-state index is 12.7. The molecule has 5 heteroatoms. The van der Waals surface area contributed by atoms with Gasteiger partial charge >= 0.3 is 0 Å². The molecule has 0 aliphatic heterocycles. The average molecular weight is 359 g/mol. The molecule has 0 aliphatic rings. The van der Waals surface area contributed by atoms with Crippen LogP contribution in [0.25, 0.3) is 0 Å². The van der Waals surface area contributed by atoms with Gasteiger partial charge in [-0.05, 0) is 36.2 Å². The van der Waals surface area contributed by atoms with Crippen LogP contribution in [0.3, 0.4) is 0 Å². The number of benzene rings is 2. The van der Waals surface area contributed by atoms with E-state index in [0.717, 1.165) is 16.8 Å². The molecule has 0 fully saturated rings. The Morgan fingerprint density at radius 2 is 1.63 bits per heavy atom. The van der Waals surface area contributed by atoms with Crippen molar-refractivity contribution in [3.63, 3.8) is 0 Å². The van der Waals surface area contributed by atoms with Crippen molar-refractivity contribution in [2.75, 3.05) is 11.9 Å². The third kappa shape index (κ3) is 4.39. The molecule has 0 unspecified atom stereocenters. The van der Waals surface area contributed by atoms with Crippen LogP contribution >= 0.6 is 0 Å². The van der Waals surface area contributed by atoms with Gasteiger partial charge < -0.3 is 10.2 Å². The van der Waals surface area contributed by atoms with E-state index in [1.165, 1.54) is 17.3 Å². The number of aromatic nitrogens is 1. The third-order valence-electron chi connectivity index (χ3n) is 4.40. The molecule has 3 aromatic rings. The van der Waals surface area contributed by atoms with Crippen molar-refractivity contribution < 1.29 is 9.59 Å². The molecular weight excluding hydrogens is 338 g/mol. The number of para-hydroxylation sites is 1. The molecule has 2 amide bonds. The highest BCUT2D eigenvalue weighted by atomic mass is 16.2. The lowest BCUT2D eigenvalue weighted by atomic mass is 10.1. The zero-order valence-corrected chi connectivity index (χ0v) is 15.3. The minimum atomic E-state index is -0.261. The molecule has 0 saturated carbocycles. The van der Waals surface area contributed by atoms with Crippen molar-refractivity contribution in [2.45, 2.75) is 13.5 Å². The molecule has 0 radical (unpaired) electrons. The molecule has 0 bridgehead atoms. The van der Waals surface area contributed by atoms with Crippen LogP contribution in [0.1, 0.15) is 31.8 Å². The molecule has 1 heterocycles. The average Bonchev–Trinajstić information content (AvgIpc) is 2.72. The van der Waals surface area contributed by atoms with E-state index in [2.05, 4.69) is 10.3 Å². The third-order valence-corrected chi connectivity index (χ3v) is 4.40. The number of aryl methyl sites for hydroxylation is 1. The van der Waals surface area contributed by atoms with Crippen LogP contribution < -0.4 is 10.2 Å². The summed E-state index contributed by atoms with van der Waals surface area (Å²) in [5, 5.41) is 2.88. The summed E-state index contributed by atoms with van der Waals surface area (Å²) in [7, 11) is 1.70. The molecule has 27 heavy (non-hydrogen) atoms. The maximum atomic E-state index is 12.7. The molecule has 0 saturated heterocycles. The largest absolute Gasteiger partial charge is 0.348 e. The van der Waals surface area contributed by atoms with Gasteiger partial charge in [-0.2, -0.15) is 0 Å². The highest BCUT2D eigenvalue weighted by Gasteiger charge is 2.16. The van der Waals surface area contributed by atoms with Crippen molar-refractivity contribution in [3.05, 3.63) is 95.3 Å². The molecule has 0 aliphatic carbocycles. The number of rotatable bonds is 5. The van der Waals surface area contributed by atoms with Gasteiger partial charge in [0.2, 0.25) is 0 Å². The number of nitrogens with zero attached hydrogens (tertiary/aromatic N) is 2. The zero-order chi connectivity index (χ0) is 19.2. The van der Waals surface area contributed by atoms with E-state index in [9.17, 15) is 9.59 Å². The quantitative estimate of drug-likeness (QED) is 0.757. The van der Waals surface area contributed by atoms with Crippen LogP contribution in [0.4, 0.5) is 5.69 Å². The summed E-state index contributed by atoms with van der Waals surface area (Å²) in [5.41, 5.74) is 3.66. The van der Waals surface area contributed by atoms with E-state index in [-0.39, 0.29) is 11.8 Å². The molecule has 0 spiro atoms.